The molecule has 130 valence electrons. The number of halogens is 2. The lowest BCUT2D eigenvalue weighted by molar-refractivity contribution is 0.0991. The number of benzene rings is 1. The fourth-order valence-electron chi connectivity index (χ4n) is 1.81. The minimum atomic E-state index is -3.89. The highest BCUT2D eigenvalue weighted by Crippen LogP contribution is 2.24. The molecule has 0 spiro atoms. The highest BCUT2D eigenvalue weighted by molar-refractivity contribution is 7.89. The lowest BCUT2D eigenvalue weighted by Crippen LogP contribution is -2.40. The molecule has 0 saturated heterocycles. The summed E-state index contributed by atoms with van der Waals surface area (Å²) < 4.78 is 44.8. The van der Waals surface area contributed by atoms with Crippen LogP contribution in [0.1, 0.15) is 31.3 Å². The second-order valence-corrected chi connectivity index (χ2v) is 8.07. The van der Waals surface area contributed by atoms with E-state index in [9.17, 15) is 17.6 Å². The van der Waals surface area contributed by atoms with Crippen LogP contribution in [0.15, 0.2) is 39.8 Å². The van der Waals surface area contributed by atoms with E-state index in [1.54, 1.807) is 20.8 Å². The zero-order chi connectivity index (χ0) is 18.1. The molecular formula is C15H16ClFN2O4S. The van der Waals surface area contributed by atoms with Crippen molar-refractivity contribution in [2.45, 2.75) is 31.4 Å². The van der Waals surface area contributed by atoms with Crippen LogP contribution in [0.25, 0.3) is 0 Å². The van der Waals surface area contributed by atoms with Crippen molar-refractivity contribution < 1.29 is 22.0 Å². The van der Waals surface area contributed by atoms with E-state index in [4.69, 9.17) is 16.0 Å². The van der Waals surface area contributed by atoms with E-state index in [1.165, 1.54) is 18.2 Å². The monoisotopic (exact) mass is 374 g/mol. The average Bonchev–Trinajstić information content (AvgIpc) is 2.89. The van der Waals surface area contributed by atoms with Crippen LogP contribution in [0, 0.1) is 5.82 Å². The van der Waals surface area contributed by atoms with Gasteiger partial charge in [-0.1, -0.05) is 11.6 Å². The molecule has 0 fully saturated rings. The van der Waals surface area contributed by atoms with Crippen molar-refractivity contribution in [1.82, 2.24) is 4.72 Å². The van der Waals surface area contributed by atoms with Gasteiger partial charge in [0, 0.05) is 5.54 Å². The van der Waals surface area contributed by atoms with Gasteiger partial charge in [0.25, 0.3) is 15.9 Å². The average molecular weight is 375 g/mol. The third-order valence-electron chi connectivity index (χ3n) is 2.69. The highest BCUT2D eigenvalue weighted by atomic mass is 35.5. The number of hydrogen-bond acceptors (Lipinski definition) is 4. The second kappa shape index (κ2) is 6.54. The highest BCUT2D eigenvalue weighted by Gasteiger charge is 2.26. The molecule has 0 aliphatic carbocycles. The fourth-order valence-corrected chi connectivity index (χ4v) is 3.38. The van der Waals surface area contributed by atoms with Gasteiger partial charge in [0.1, 0.15) is 5.82 Å². The number of sulfonamides is 1. The third-order valence-corrected chi connectivity index (χ3v) is 4.63. The van der Waals surface area contributed by atoms with Crippen molar-refractivity contribution in [3.8, 4) is 0 Å². The number of carbonyl (C=O) groups excluding carboxylic acids is 1. The van der Waals surface area contributed by atoms with Gasteiger partial charge in [-0.3, -0.25) is 4.79 Å². The molecule has 0 aliphatic heterocycles. The maximum absolute atomic E-state index is 13.0. The van der Waals surface area contributed by atoms with Gasteiger partial charge in [-0.2, -0.15) is 0 Å². The van der Waals surface area contributed by atoms with Gasteiger partial charge >= 0.3 is 0 Å². The van der Waals surface area contributed by atoms with Gasteiger partial charge in [0.15, 0.2) is 5.76 Å². The first-order chi connectivity index (χ1) is 11.0. The Morgan fingerprint density at radius 1 is 1.21 bits per heavy atom. The van der Waals surface area contributed by atoms with Crippen LogP contribution >= 0.6 is 11.6 Å². The fraction of sp³-hybridized carbons (Fsp3) is 0.267. The molecule has 0 bridgehead atoms. The predicted molar refractivity (Wildman–Crippen MR) is 88.1 cm³/mol. The number of furan rings is 1. The first-order valence-electron chi connectivity index (χ1n) is 6.88. The summed E-state index contributed by atoms with van der Waals surface area (Å²) >= 11 is 5.82. The molecule has 0 aliphatic rings. The van der Waals surface area contributed by atoms with E-state index < -0.39 is 27.3 Å². The van der Waals surface area contributed by atoms with Gasteiger partial charge in [-0.25, -0.2) is 17.5 Å². The number of hydrogen-bond donors (Lipinski definition) is 2. The van der Waals surface area contributed by atoms with E-state index in [0.717, 1.165) is 12.1 Å². The number of rotatable bonds is 4. The molecule has 6 nitrogen and oxygen atoms in total. The van der Waals surface area contributed by atoms with Crippen molar-refractivity contribution in [3.05, 3.63) is 46.9 Å². The van der Waals surface area contributed by atoms with Crippen LogP contribution in [0.5, 0.6) is 0 Å². The minimum absolute atomic E-state index is 0.0113. The zero-order valence-electron chi connectivity index (χ0n) is 13.2. The minimum Gasteiger partial charge on any atom is -0.438 e. The molecule has 0 saturated carbocycles. The summed E-state index contributed by atoms with van der Waals surface area (Å²) in [7, 11) is -3.89. The van der Waals surface area contributed by atoms with Crippen LogP contribution < -0.4 is 10.0 Å². The summed E-state index contributed by atoms with van der Waals surface area (Å²) in [6.07, 6.45) is 0. The largest absolute Gasteiger partial charge is 0.438 e. The Labute approximate surface area is 144 Å². The normalized spacial score (nSPS) is 12.2. The molecule has 1 aromatic heterocycles. The maximum Gasteiger partial charge on any atom is 0.291 e. The first-order valence-corrected chi connectivity index (χ1v) is 8.74. The van der Waals surface area contributed by atoms with Gasteiger partial charge < -0.3 is 9.73 Å². The molecule has 24 heavy (non-hydrogen) atoms. The van der Waals surface area contributed by atoms with Crippen molar-refractivity contribution in [2.24, 2.45) is 0 Å². The molecule has 1 heterocycles. The first kappa shape index (κ1) is 18.4. The van der Waals surface area contributed by atoms with Crippen LogP contribution in [-0.4, -0.2) is 19.9 Å². The summed E-state index contributed by atoms with van der Waals surface area (Å²) in [5.74, 6) is -1.47. The Bertz CT molecular complexity index is 872. The van der Waals surface area contributed by atoms with E-state index in [2.05, 4.69) is 10.0 Å². The molecule has 0 atom stereocenters. The number of nitrogens with one attached hydrogen (secondary N) is 2. The smallest absolute Gasteiger partial charge is 0.291 e. The Hall–Kier alpha value is -1.90. The maximum atomic E-state index is 13.0. The standard InChI is InChI=1S/C15H16ClFN2O4S/c1-15(2,3)19-24(21,22)13-7-6-12(23-13)14(20)18-11-5-4-9(17)8-10(11)16/h4-8,19H,1-3H3,(H,18,20). The van der Waals surface area contributed by atoms with Gasteiger partial charge in [-0.05, 0) is 51.1 Å². The lowest BCUT2D eigenvalue weighted by Gasteiger charge is -2.18. The second-order valence-electron chi connectivity index (χ2n) is 6.05. The van der Waals surface area contributed by atoms with E-state index in [-0.39, 0.29) is 21.6 Å². The van der Waals surface area contributed by atoms with E-state index >= 15 is 0 Å². The Kier molecular flexibility index (Phi) is 5.03. The summed E-state index contributed by atoms with van der Waals surface area (Å²) in [6.45, 7) is 5.03. The Morgan fingerprint density at radius 3 is 2.46 bits per heavy atom. The number of anilines is 1. The van der Waals surface area contributed by atoms with Gasteiger partial charge in [0.2, 0.25) is 5.09 Å². The Balaban J connectivity index is 2.19. The predicted octanol–water partition coefficient (Wildman–Crippen LogP) is 3.40. The van der Waals surface area contributed by atoms with Crippen LogP contribution in [0.2, 0.25) is 5.02 Å². The topological polar surface area (TPSA) is 88.4 Å². The molecule has 0 radical (unpaired) electrons. The quantitative estimate of drug-likeness (QED) is 0.858. The zero-order valence-corrected chi connectivity index (χ0v) is 14.8. The van der Waals surface area contributed by atoms with E-state index in [0.29, 0.717) is 0 Å². The van der Waals surface area contributed by atoms with Crippen molar-refractivity contribution in [2.75, 3.05) is 5.32 Å². The van der Waals surface area contributed by atoms with Gasteiger partial charge in [-0.15, -0.1) is 0 Å². The molecule has 2 aromatic rings. The number of carbonyl (C=O) groups is 1. The molecule has 1 aromatic carbocycles. The van der Waals surface area contributed by atoms with Crippen LogP contribution in [-0.2, 0) is 10.0 Å². The van der Waals surface area contributed by atoms with Crippen LogP contribution in [0.4, 0.5) is 10.1 Å². The molecule has 2 N–H and O–H groups in total. The molecule has 9 heteroatoms. The van der Waals surface area contributed by atoms with Crippen LogP contribution in [0.3, 0.4) is 0 Å². The molecule has 1 amide bonds. The number of amides is 1. The van der Waals surface area contributed by atoms with Gasteiger partial charge in [0.05, 0.1) is 10.7 Å². The summed E-state index contributed by atoms with van der Waals surface area (Å²) in [5, 5.41) is 2.05. The Morgan fingerprint density at radius 2 is 1.88 bits per heavy atom. The van der Waals surface area contributed by atoms with Crippen molar-refractivity contribution >= 4 is 33.2 Å². The molecule has 2 rings (SSSR count). The van der Waals surface area contributed by atoms with E-state index in [1.807, 2.05) is 0 Å². The van der Waals surface area contributed by atoms with Crippen molar-refractivity contribution in [1.29, 1.82) is 0 Å². The molecule has 0 unspecified atom stereocenters. The molecular weight excluding hydrogens is 359 g/mol. The summed E-state index contributed by atoms with van der Waals surface area (Å²) in [6, 6.07) is 5.87. The summed E-state index contributed by atoms with van der Waals surface area (Å²) in [4.78, 5) is 12.1. The SMILES string of the molecule is CC(C)(C)NS(=O)(=O)c1ccc(C(=O)Nc2ccc(F)cc2Cl)o1. The third kappa shape index (κ3) is 4.56. The van der Waals surface area contributed by atoms with Crippen molar-refractivity contribution in [3.63, 3.8) is 0 Å². The lowest BCUT2D eigenvalue weighted by atomic mass is 10.1. The summed E-state index contributed by atoms with van der Waals surface area (Å²) in [5.41, 5.74) is -0.521.